The van der Waals surface area contributed by atoms with E-state index in [9.17, 15) is 14.4 Å². The van der Waals surface area contributed by atoms with Crippen LogP contribution in [-0.4, -0.2) is 45.5 Å². The Morgan fingerprint density at radius 2 is 1.81 bits per heavy atom. The van der Waals surface area contributed by atoms with Crippen LogP contribution in [0.1, 0.15) is 50.1 Å². The minimum absolute atomic E-state index is 0.211. The number of carbonyl (C=O) groups is 2. The van der Waals surface area contributed by atoms with Gasteiger partial charge in [-0.2, -0.15) is 0 Å². The number of aryl methyl sites for hydroxylation is 1. The summed E-state index contributed by atoms with van der Waals surface area (Å²) in [5.74, 6) is -0.159. The van der Waals surface area contributed by atoms with Crippen LogP contribution >= 0.6 is 0 Å². The first-order chi connectivity index (χ1) is 13.0. The fraction of sp³-hybridized carbons (Fsp3) is 0.550. The zero-order chi connectivity index (χ0) is 19.1. The van der Waals surface area contributed by atoms with Gasteiger partial charge in [0.2, 0.25) is 11.8 Å². The lowest BCUT2D eigenvalue weighted by Gasteiger charge is -2.31. The molecule has 1 N–H and O–H groups in total. The normalized spacial score (nSPS) is 22.4. The summed E-state index contributed by atoms with van der Waals surface area (Å²) in [6, 6.07) is 5.53. The number of amides is 2. The minimum atomic E-state index is -0.627. The second-order valence-electron chi connectivity index (χ2n) is 7.64. The van der Waals surface area contributed by atoms with Gasteiger partial charge in [0.1, 0.15) is 6.04 Å². The maximum absolute atomic E-state index is 12.8. The molecule has 1 atom stereocenters. The van der Waals surface area contributed by atoms with Crippen LogP contribution in [0.15, 0.2) is 23.0 Å². The predicted octanol–water partition coefficient (Wildman–Crippen LogP) is 1.52. The SMILES string of the molecule is CCN1CCC(c2ccc3c(c2)n(C)c(=O)n3C2CCC(=O)NC2=O)CC1. The van der Waals surface area contributed by atoms with E-state index in [2.05, 4.69) is 29.3 Å². The van der Waals surface area contributed by atoms with E-state index in [0.29, 0.717) is 12.3 Å². The van der Waals surface area contributed by atoms with Gasteiger partial charge < -0.3 is 4.90 Å². The van der Waals surface area contributed by atoms with Crippen molar-refractivity contribution in [2.75, 3.05) is 19.6 Å². The molecule has 0 spiro atoms. The van der Waals surface area contributed by atoms with Crippen LogP contribution in [0.2, 0.25) is 0 Å². The van der Waals surface area contributed by atoms with Crippen molar-refractivity contribution in [2.24, 2.45) is 7.05 Å². The molecule has 1 unspecified atom stereocenters. The van der Waals surface area contributed by atoms with E-state index in [1.54, 1.807) is 16.2 Å². The van der Waals surface area contributed by atoms with Crippen LogP contribution in [0.25, 0.3) is 11.0 Å². The molecule has 2 saturated heterocycles. The van der Waals surface area contributed by atoms with E-state index in [0.717, 1.165) is 43.5 Å². The molecule has 0 radical (unpaired) electrons. The van der Waals surface area contributed by atoms with E-state index < -0.39 is 11.9 Å². The number of aromatic nitrogens is 2. The number of nitrogens with one attached hydrogen (secondary N) is 1. The number of benzene rings is 1. The molecule has 3 heterocycles. The molecule has 0 bridgehead atoms. The highest BCUT2D eigenvalue weighted by atomic mass is 16.2. The van der Waals surface area contributed by atoms with E-state index in [1.165, 1.54) is 5.56 Å². The molecular formula is C20H26N4O3. The maximum atomic E-state index is 12.8. The van der Waals surface area contributed by atoms with Crippen molar-refractivity contribution < 1.29 is 9.59 Å². The van der Waals surface area contributed by atoms with Crippen LogP contribution in [0, 0.1) is 0 Å². The third-order valence-corrected chi connectivity index (χ3v) is 6.14. The first kappa shape index (κ1) is 18.0. The van der Waals surface area contributed by atoms with Crippen molar-refractivity contribution >= 4 is 22.8 Å². The van der Waals surface area contributed by atoms with Crippen LogP contribution in [0.3, 0.4) is 0 Å². The molecule has 0 aliphatic carbocycles. The zero-order valence-electron chi connectivity index (χ0n) is 15.9. The number of nitrogens with zero attached hydrogens (tertiary/aromatic N) is 3. The number of hydrogen-bond acceptors (Lipinski definition) is 4. The molecule has 2 aromatic rings. The molecular weight excluding hydrogens is 344 g/mol. The van der Waals surface area contributed by atoms with Gasteiger partial charge in [0.25, 0.3) is 0 Å². The molecule has 2 aliphatic rings. The lowest BCUT2D eigenvalue weighted by Crippen LogP contribution is -2.44. The quantitative estimate of drug-likeness (QED) is 0.831. The van der Waals surface area contributed by atoms with E-state index in [1.807, 2.05) is 6.07 Å². The summed E-state index contributed by atoms with van der Waals surface area (Å²) in [5, 5.41) is 2.35. The summed E-state index contributed by atoms with van der Waals surface area (Å²) >= 11 is 0. The van der Waals surface area contributed by atoms with E-state index >= 15 is 0 Å². The molecule has 144 valence electrons. The van der Waals surface area contributed by atoms with Crippen LogP contribution in [0.5, 0.6) is 0 Å². The average molecular weight is 370 g/mol. The molecule has 2 aliphatic heterocycles. The first-order valence-electron chi connectivity index (χ1n) is 9.76. The number of hydrogen-bond donors (Lipinski definition) is 1. The Labute approximate surface area is 157 Å². The highest BCUT2D eigenvalue weighted by molar-refractivity contribution is 6.00. The standard InChI is InChI=1S/C20H26N4O3/c1-3-23-10-8-13(9-11-23)14-4-5-15-17(12-14)22(2)20(27)24(15)16-6-7-18(25)21-19(16)26/h4-5,12-13,16H,3,6-11H2,1-2H3,(H,21,25,26). The Bertz CT molecular complexity index is 950. The summed E-state index contributed by atoms with van der Waals surface area (Å²) in [4.78, 5) is 39.0. The van der Waals surface area contributed by atoms with Gasteiger partial charge in [-0.3, -0.25) is 24.0 Å². The van der Waals surface area contributed by atoms with Gasteiger partial charge in [0.05, 0.1) is 11.0 Å². The Morgan fingerprint density at radius 3 is 2.48 bits per heavy atom. The second kappa shape index (κ2) is 6.96. The molecule has 1 aromatic heterocycles. The molecule has 7 nitrogen and oxygen atoms in total. The van der Waals surface area contributed by atoms with Crippen molar-refractivity contribution in [1.29, 1.82) is 0 Å². The van der Waals surface area contributed by atoms with Crippen molar-refractivity contribution in [2.45, 2.75) is 44.6 Å². The number of imidazole rings is 1. The van der Waals surface area contributed by atoms with Crippen molar-refractivity contribution in [1.82, 2.24) is 19.4 Å². The van der Waals surface area contributed by atoms with Crippen molar-refractivity contribution in [3.8, 4) is 0 Å². The molecule has 7 heteroatoms. The van der Waals surface area contributed by atoms with Crippen molar-refractivity contribution in [3.63, 3.8) is 0 Å². The van der Waals surface area contributed by atoms with Gasteiger partial charge in [-0.15, -0.1) is 0 Å². The third kappa shape index (κ3) is 3.10. The van der Waals surface area contributed by atoms with Gasteiger partial charge >= 0.3 is 5.69 Å². The number of piperidine rings is 2. The lowest BCUT2D eigenvalue weighted by molar-refractivity contribution is -0.135. The summed E-state index contributed by atoms with van der Waals surface area (Å²) in [6.07, 6.45) is 2.87. The van der Waals surface area contributed by atoms with Crippen LogP contribution < -0.4 is 11.0 Å². The average Bonchev–Trinajstić information content (AvgIpc) is 2.92. The van der Waals surface area contributed by atoms with Crippen molar-refractivity contribution in [3.05, 3.63) is 34.2 Å². The Kier molecular flexibility index (Phi) is 4.63. The smallest absolute Gasteiger partial charge is 0.304 e. The van der Waals surface area contributed by atoms with Gasteiger partial charge in [0.15, 0.2) is 0 Å². The molecule has 4 rings (SSSR count). The monoisotopic (exact) mass is 370 g/mol. The second-order valence-corrected chi connectivity index (χ2v) is 7.64. The maximum Gasteiger partial charge on any atom is 0.329 e. The molecule has 0 saturated carbocycles. The topological polar surface area (TPSA) is 76.3 Å². The summed E-state index contributed by atoms with van der Waals surface area (Å²) in [7, 11) is 1.75. The largest absolute Gasteiger partial charge is 0.329 e. The summed E-state index contributed by atoms with van der Waals surface area (Å²) < 4.78 is 3.16. The fourth-order valence-electron chi connectivity index (χ4n) is 4.45. The zero-order valence-corrected chi connectivity index (χ0v) is 15.9. The van der Waals surface area contributed by atoms with Gasteiger partial charge in [-0.25, -0.2) is 4.79 Å². The van der Waals surface area contributed by atoms with Crippen LogP contribution in [-0.2, 0) is 16.6 Å². The lowest BCUT2D eigenvalue weighted by atomic mass is 9.89. The first-order valence-corrected chi connectivity index (χ1v) is 9.76. The third-order valence-electron chi connectivity index (χ3n) is 6.14. The van der Waals surface area contributed by atoms with Gasteiger partial charge in [0, 0.05) is 13.5 Å². The highest BCUT2D eigenvalue weighted by Gasteiger charge is 2.31. The minimum Gasteiger partial charge on any atom is -0.304 e. The van der Waals surface area contributed by atoms with E-state index in [-0.39, 0.29) is 18.0 Å². The number of fused-ring (bicyclic) bond motifs is 1. The van der Waals surface area contributed by atoms with Gasteiger partial charge in [-0.1, -0.05) is 13.0 Å². The molecule has 2 amide bonds. The number of likely N-dealkylation sites (tertiary alicyclic amines) is 1. The highest BCUT2D eigenvalue weighted by Crippen LogP contribution is 2.31. The number of imide groups is 1. The predicted molar refractivity (Wildman–Crippen MR) is 103 cm³/mol. The summed E-state index contributed by atoms with van der Waals surface area (Å²) in [6.45, 7) is 5.50. The Morgan fingerprint density at radius 1 is 1.07 bits per heavy atom. The number of carbonyl (C=O) groups excluding carboxylic acids is 2. The molecule has 27 heavy (non-hydrogen) atoms. The van der Waals surface area contributed by atoms with Crippen LogP contribution in [0.4, 0.5) is 0 Å². The Hall–Kier alpha value is -2.41. The number of rotatable bonds is 3. The van der Waals surface area contributed by atoms with Gasteiger partial charge in [-0.05, 0) is 62.5 Å². The van der Waals surface area contributed by atoms with E-state index in [4.69, 9.17) is 0 Å². The molecule has 2 fully saturated rings. The fourth-order valence-corrected chi connectivity index (χ4v) is 4.45. The summed E-state index contributed by atoms with van der Waals surface area (Å²) in [5.41, 5.74) is 2.65. The Balaban J connectivity index is 1.70. The molecule has 1 aromatic carbocycles.